The highest BCUT2D eigenvalue weighted by Gasteiger charge is 2.33. The van der Waals surface area contributed by atoms with Crippen LogP contribution in [0.25, 0.3) is 0 Å². The van der Waals surface area contributed by atoms with Crippen LogP contribution in [0.3, 0.4) is 0 Å². The summed E-state index contributed by atoms with van der Waals surface area (Å²) in [4.78, 5) is 12.0. The van der Waals surface area contributed by atoms with E-state index >= 15 is 0 Å². The van der Waals surface area contributed by atoms with Gasteiger partial charge in [-0.1, -0.05) is 6.92 Å². The van der Waals surface area contributed by atoms with Crippen molar-refractivity contribution in [2.75, 3.05) is 20.1 Å². The average molecular weight is 261 g/mol. The first kappa shape index (κ1) is 13.1. The molecule has 3 N–H and O–H groups in total. The number of hydrazine groups is 1. The molecule has 2 fully saturated rings. The van der Waals surface area contributed by atoms with Gasteiger partial charge < -0.3 is 5.32 Å². The fourth-order valence-electron chi connectivity index (χ4n) is 2.36. The van der Waals surface area contributed by atoms with Crippen molar-refractivity contribution < 1.29 is 4.79 Å². The van der Waals surface area contributed by atoms with Gasteiger partial charge in [0.15, 0.2) is 0 Å². The van der Waals surface area contributed by atoms with Gasteiger partial charge >= 0.3 is 0 Å². The van der Waals surface area contributed by atoms with Gasteiger partial charge in [0.05, 0.1) is 11.5 Å². The van der Waals surface area contributed by atoms with Gasteiger partial charge in [-0.3, -0.25) is 10.1 Å². The van der Waals surface area contributed by atoms with Crippen LogP contribution in [-0.2, 0) is 4.79 Å². The minimum absolute atomic E-state index is 0.0339. The minimum atomic E-state index is -0.122. The van der Waals surface area contributed by atoms with Gasteiger partial charge in [0, 0.05) is 13.6 Å². The van der Waals surface area contributed by atoms with Crippen LogP contribution in [0.5, 0.6) is 0 Å². The highest BCUT2D eigenvalue weighted by molar-refractivity contribution is 6.21. The van der Waals surface area contributed by atoms with E-state index in [1.165, 1.54) is 0 Å². The number of alkyl halides is 1. The molecule has 1 amide bonds. The predicted octanol–water partition coefficient (Wildman–Crippen LogP) is -0.126. The fourth-order valence-corrected chi connectivity index (χ4v) is 2.64. The number of amides is 1. The zero-order valence-corrected chi connectivity index (χ0v) is 11.1. The molecule has 0 saturated carbocycles. The van der Waals surface area contributed by atoms with E-state index in [0.29, 0.717) is 5.92 Å². The van der Waals surface area contributed by atoms with Gasteiger partial charge in [-0.05, 0) is 25.3 Å². The largest absolute Gasteiger partial charge is 0.338 e. The van der Waals surface area contributed by atoms with Crippen molar-refractivity contribution >= 4 is 17.5 Å². The van der Waals surface area contributed by atoms with Gasteiger partial charge in [0.2, 0.25) is 5.91 Å². The van der Waals surface area contributed by atoms with E-state index in [1.54, 1.807) is 0 Å². The maximum absolute atomic E-state index is 12.0. The van der Waals surface area contributed by atoms with Crippen LogP contribution in [0.2, 0.25) is 0 Å². The lowest BCUT2D eigenvalue weighted by Crippen LogP contribution is -2.59. The summed E-state index contributed by atoms with van der Waals surface area (Å²) >= 11 is 6.30. The summed E-state index contributed by atoms with van der Waals surface area (Å²) in [5.41, 5.74) is 3.12. The second-order valence-electron chi connectivity index (χ2n) is 5.04. The zero-order valence-electron chi connectivity index (χ0n) is 10.4. The van der Waals surface area contributed by atoms with E-state index in [-0.39, 0.29) is 23.5 Å². The van der Waals surface area contributed by atoms with Crippen molar-refractivity contribution in [1.29, 1.82) is 0 Å². The molecule has 17 heavy (non-hydrogen) atoms. The van der Waals surface area contributed by atoms with Gasteiger partial charge in [-0.2, -0.15) is 0 Å². The van der Waals surface area contributed by atoms with Crippen molar-refractivity contribution in [1.82, 2.24) is 21.1 Å². The molecular weight excluding hydrogens is 240 g/mol. The second kappa shape index (κ2) is 5.52. The summed E-state index contributed by atoms with van der Waals surface area (Å²) in [6.07, 6.45) is 1.79. The lowest BCUT2D eigenvalue weighted by Gasteiger charge is -2.34. The number of carbonyl (C=O) groups excluding carboxylic acids is 1. The molecular formula is C11H21ClN4O. The molecule has 5 nitrogen and oxygen atoms in total. The van der Waals surface area contributed by atoms with Crippen LogP contribution in [0.4, 0.5) is 0 Å². The number of nitrogens with zero attached hydrogens (tertiary/aromatic N) is 1. The van der Waals surface area contributed by atoms with E-state index in [2.05, 4.69) is 23.0 Å². The molecule has 98 valence electrons. The lowest BCUT2D eigenvalue weighted by molar-refractivity contribution is -0.124. The zero-order chi connectivity index (χ0) is 12.4. The van der Waals surface area contributed by atoms with Crippen molar-refractivity contribution in [3.8, 4) is 0 Å². The smallest absolute Gasteiger partial charge is 0.239 e. The summed E-state index contributed by atoms with van der Waals surface area (Å²) in [7, 11) is 1.94. The first-order chi connectivity index (χ1) is 8.08. The summed E-state index contributed by atoms with van der Waals surface area (Å²) in [5.74, 6) is 0.467. The van der Waals surface area contributed by atoms with E-state index in [0.717, 1.165) is 25.9 Å². The molecule has 4 atom stereocenters. The van der Waals surface area contributed by atoms with Gasteiger partial charge in [0.25, 0.3) is 0 Å². The second-order valence-corrected chi connectivity index (χ2v) is 5.55. The van der Waals surface area contributed by atoms with E-state index in [1.807, 2.05) is 12.1 Å². The first-order valence-electron chi connectivity index (χ1n) is 6.23. The lowest BCUT2D eigenvalue weighted by atomic mass is 9.97. The highest BCUT2D eigenvalue weighted by atomic mass is 35.5. The standard InChI is InChI=1S/C11H21ClN4O/c1-7-3-5-13-10(9(7)12)14-11(17)8-4-6-16(2)15-8/h7-10,13,15H,3-6H2,1-2H3,(H,14,17). The highest BCUT2D eigenvalue weighted by Crippen LogP contribution is 2.20. The molecule has 0 aliphatic carbocycles. The summed E-state index contributed by atoms with van der Waals surface area (Å²) < 4.78 is 0. The van der Waals surface area contributed by atoms with E-state index in [4.69, 9.17) is 11.6 Å². The summed E-state index contributed by atoms with van der Waals surface area (Å²) in [6.45, 7) is 3.93. The SMILES string of the molecule is CC1CCNC(NC(=O)C2CCN(C)N2)C1Cl. The van der Waals surface area contributed by atoms with Crippen LogP contribution in [0.15, 0.2) is 0 Å². The third kappa shape index (κ3) is 3.10. The van der Waals surface area contributed by atoms with E-state index < -0.39 is 0 Å². The van der Waals surface area contributed by atoms with Crippen molar-refractivity contribution in [3.05, 3.63) is 0 Å². The average Bonchev–Trinajstić information content (AvgIpc) is 2.72. The topological polar surface area (TPSA) is 56.4 Å². The molecule has 0 bridgehead atoms. The molecule has 0 aromatic carbocycles. The number of halogens is 1. The Balaban J connectivity index is 1.85. The number of rotatable bonds is 2. The maximum Gasteiger partial charge on any atom is 0.239 e. The molecule has 2 rings (SSSR count). The van der Waals surface area contributed by atoms with Crippen molar-refractivity contribution in [2.45, 2.75) is 37.4 Å². The Morgan fingerprint density at radius 1 is 1.47 bits per heavy atom. The molecule has 6 heteroatoms. The number of carbonyl (C=O) groups is 1. The molecule has 0 aromatic rings. The summed E-state index contributed by atoms with van der Waals surface area (Å²) in [5, 5.41) is 8.16. The van der Waals surface area contributed by atoms with Crippen LogP contribution < -0.4 is 16.1 Å². The van der Waals surface area contributed by atoms with Crippen LogP contribution >= 0.6 is 11.6 Å². The summed E-state index contributed by atoms with van der Waals surface area (Å²) in [6, 6.07) is -0.122. The Morgan fingerprint density at radius 3 is 2.88 bits per heavy atom. The molecule has 0 aromatic heterocycles. The normalized spacial score (nSPS) is 39.2. The van der Waals surface area contributed by atoms with E-state index in [9.17, 15) is 4.79 Å². The molecule has 0 spiro atoms. The third-order valence-electron chi connectivity index (χ3n) is 3.57. The van der Waals surface area contributed by atoms with Crippen LogP contribution in [-0.4, -0.2) is 48.6 Å². The molecule has 2 aliphatic heterocycles. The maximum atomic E-state index is 12.0. The number of piperidine rings is 1. The Hall–Kier alpha value is -0.360. The minimum Gasteiger partial charge on any atom is -0.338 e. The number of nitrogens with one attached hydrogen (secondary N) is 3. The van der Waals surface area contributed by atoms with Crippen LogP contribution in [0.1, 0.15) is 19.8 Å². The van der Waals surface area contributed by atoms with Gasteiger partial charge in [-0.15, -0.1) is 11.6 Å². The number of hydrogen-bond donors (Lipinski definition) is 3. The number of hydrogen-bond acceptors (Lipinski definition) is 4. The Bertz CT molecular complexity index is 289. The Morgan fingerprint density at radius 2 is 2.24 bits per heavy atom. The predicted molar refractivity (Wildman–Crippen MR) is 67.5 cm³/mol. The molecule has 2 saturated heterocycles. The Kier molecular flexibility index (Phi) is 4.25. The molecule has 2 aliphatic rings. The van der Waals surface area contributed by atoms with Gasteiger partial charge in [-0.25, -0.2) is 10.4 Å². The molecule has 0 radical (unpaired) electrons. The monoisotopic (exact) mass is 260 g/mol. The quantitative estimate of drug-likeness (QED) is 0.606. The van der Waals surface area contributed by atoms with Crippen molar-refractivity contribution in [2.24, 2.45) is 5.92 Å². The first-order valence-corrected chi connectivity index (χ1v) is 6.66. The van der Waals surface area contributed by atoms with Crippen LogP contribution in [0, 0.1) is 5.92 Å². The third-order valence-corrected chi connectivity index (χ3v) is 4.25. The fraction of sp³-hybridized carbons (Fsp3) is 0.909. The Labute approximate surface area is 107 Å². The van der Waals surface area contributed by atoms with Crippen molar-refractivity contribution in [3.63, 3.8) is 0 Å². The molecule has 2 heterocycles. The van der Waals surface area contributed by atoms with Gasteiger partial charge in [0.1, 0.15) is 6.04 Å². The molecule has 4 unspecified atom stereocenters.